The molecule has 0 unspecified atom stereocenters. The molecule has 0 radical (unpaired) electrons. The molecule has 0 heterocycles. The third kappa shape index (κ3) is 1.92. The predicted octanol–water partition coefficient (Wildman–Crippen LogP) is 2.43. The van der Waals surface area contributed by atoms with Crippen LogP contribution in [0.1, 0.15) is 22.7 Å². The highest BCUT2D eigenvalue weighted by molar-refractivity contribution is 5.80. The molecular formula is C16H15NO2. The lowest BCUT2D eigenvalue weighted by atomic mass is 10.00. The van der Waals surface area contributed by atoms with E-state index in [4.69, 9.17) is 5.73 Å². The van der Waals surface area contributed by atoms with Crippen LogP contribution in [0.25, 0.3) is 11.1 Å². The van der Waals surface area contributed by atoms with Crippen molar-refractivity contribution in [2.45, 2.75) is 12.5 Å². The normalized spacial score (nSPS) is 13.6. The Morgan fingerprint density at radius 1 is 1.16 bits per heavy atom. The van der Waals surface area contributed by atoms with Crippen molar-refractivity contribution in [2.75, 3.05) is 7.11 Å². The largest absolute Gasteiger partial charge is 0.468 e. The van der Waals surface area contributed by atoms with E-state index in [1.807, 2.05) is 30.3 Å². The quantitative estimate of drug-likeness (QED) is 0.714. The minimum absolute atomic E-state index is 0.407. The summed E-state index contributed by atoms with van der Waals surface area (Å²) in [7, 11) is 1.35. The van der Waals surface area contributed by atoms with Gasteiger partial charge in [0.1, 0.15) is 6.04 Å². The summed E-state index contributed by atoms with van der Waals surface area (Å²) in [4.78, 5) is 11.5. The average Bonchev–Trinajstić information content (AvgIpc) is 2.83. The molecule has 0 bridgehead atoms. The molecule has 3 heteroatoms. The Labute approximate surface area is 112 Å². The summed E-state index contributed by atoms with van der Waals surface area (Å²) < 4.78 is 4.68. The maximum atomic E-state index is 11.5. The minimum atomic E-state index is -0.709. The maximum absolute atomic E-state index is 11.5. The van der Waals surface area contributed by atoms with Gasteiger partial charge in [-0.2, -0.15) is 0 Å². The van der Waals surface area contributed by atoms with E-state index in [1.165, 1.54) is 29.4 Å². The number of carbonyl (C=O) groups excluding carboxylic acids is 1. The van der Waals surface area contributed by atoms with Crippen LogP contribution < -0.4 is 5.73 Å². The molecule has 1 atom stereocenters. The number of rotatable bonds is 2. The van der Waals surface area contributed by atoms with Crippen LogP contribution in [-0.2, 0) is 16.0 Å². The molecule has 2 N–H and O–H groups in total. The van der Waals surface area contributed by atoms with E-state index in [1.54, 1.807) is 0 Å². The van der Waals surface area contributed by atoms with Crippen LogP contribution >= 0.6 is 0 Å². The molecule has 0 fully saturated rings. The summed E-state index contributed by atoms with van der Waals surface area (Å²) in [6.45, 7) is 0. The van der Waals surface area contributed by atoms with E-state index in [9.17, 15) is 4.79 Å². The number of esters is 1. The molecule has 96 valence electrons. The number of methoxy groups -OCH3 is 1. The van der Waals surface area contributed by atoms with E-state index in [0.29, 0.717) is 0 Å². The number of fused-ring (bicyclic) bond motifs is 3. The zero-order valence-corrected chi connectivity index (χ0v) is 10.7. The smallest absolute Gasteiger partial charge is 0.327 e. The molecule has 0 saturated heterocycles. The van der Waals surface area contributed by atoms with Gasteiger partial charge in [0, 0.05) is 0 Å². The molecule has 0 aliphatic heterocycles. The number of carbonyl (C=O) groups is 1. The molecule has 2 aromatic rings. The lowest BCUT2D eigenvalue weighted by Crippen LogP contribution is -2.22. The summed E-state index contributed by atoms with van der Waals surface area (Å²) in [5, 5.41) is 0. The van der Waals surface area contributed by atoms with Crippen LogP contribution in [0.5, 0.6) is 0 Å². The molecule has 19 heavy (non-hydrogen) atoms. The second-order valence-electron chi connectivity index (χ2n) is 4.75. The first-order valence-corrected chi connectivity index (χ1v) is 6.25. The monoisotopic (exact) mass is 253 g/mol. The zero-order valence-electron chi connectivity index (χ0n) is 10.7. The second-order valence-corrected chi connectivity index (χ2v) is 4.75. The number of hydrogen-bond donors (Lipinski definition) is 1. The fourth-order valence-corrected chi connectivity index (χ4v) is 2.62. The molecule has 1 aliphatic carbocycles. The van der Waals surface area contributed by atoms with Gasteiger partial charge in [-0.3, -0.25) is 4.79 Å². The van der Waals surface area contributed by atoms with Crippen molar-refractivity contribution in [3.63, 3.8) is 0 Å². The van der Waals surface area contributed by atoms with Crippen molar-refractivity contribution in [1.82, 2.24) is 0 Å². The van der Waals surface area contributed by atoms with Gasteiger partial charge in [-0.25, -0.2) is 0 Å². The lowest BCUT2D eigenvalue weighted by Gasteiger charge is -2.11. The average molecular weight is 253 g/mol. The summed E-state index contributed by atoms with van der Waals surface area (Å²) in [5.41, 5.74) is 11.7. The molecule has 0 saturated carbocycles. The van der Waals surface area contributed by atoms with E-state index in [0.717, 1.165) is 12.0 Å². The Balaban J connectivity index is 2.00. The van der Waals surface area contributed by atoms with Gasteiger partial charge in [0.05, 0.1) is 7.11 Å². The first kappa shape index (κ1) is 11.9. The van der Waals surface area contributed by atoms with Crippen molar-refractivity contribution >= 4 is 5.97 Å². The number of hydrogen-bond acceptors (Lipinski definition) is 3. The number of nitrogens with two attached hydrogens (primary N) is 1. The Bertz CT molecular complexity index is 649. The topological polar surface area (TPSA) is 52.3 Å². The van der Waals surface area contributed by atoms with E-state index < -0.39 is 12.0 Å². The summed E-state index contributed by atoms with van der Waals surface area (Å²) in [6, 6.07) is 13.6. The van der Waals surface area contributed by atoms with Crippen molar-refractivity contribution in [2.24, 2.45) is 5.73 Å². The molecule has 3 rings (SSSR count). The Morgan fingerprint density at radius 2 is 1.89 bits per heavy atom. The highest BCUT2D eigenvalue weighted by atomic mass is 16.5. The maximum Gasteiger partial charge on any atom is 0.327 e. The fourth-order valence-electron chi connectivity index (χ4n) is 2.62. The molecule has 2 aromatic carbocycles. The van der Waals surface area contributed by atoms with Gasteiger partial charge in [0.25, 0.3) is 0 Å². The van der Waals surface area contributed by atoms with Crippen LogP contribution in [0.3, 0.4) is 0 Å². The third-order valence-electron chi connectivity index (χ3n) is 3.63. The van der Waals surface area contributed by atoms with E-state index in [-0.39, 0.29) is 0 Å². The van der Waals surface area contributed by atoms with Gasteiger partial charge in [-0.15, -0.1) is 0 Å². The Hall–Kier alpha value is -2.13. The molecule has 0 amide bonds. The van der Waals surface area contributed by atoms with Gasteiger partial charge in [-0.1, -0.05) is 42.5 Å². The summed E-state index contributed by atoms with van der Waals surface area (Å²) in [6.07, 6.45) is 0.896. The van der Waals surface area contributed by atoms with E-state index >= 15 is 0 Å². The minimum Gasteiger partial charge on any atom is -0.468 e. The number of benzene rings is 2. The molecule has 3 nitrogen and oxygen atoms in total. The molecule has 1 aliphatic rings. The summed E-state index contributed by atoms with van der Waals surface area (Å²) in [5.74, 6) is -0.407. The highest BCUT2D eigenvalue weighted by Crippen LogP contribution is 2.37. The van der Waals surface area contributed by atoms with Crippen LogP contribution in [0.4, 0.5) is 0 Å². The van der Waals surface area contributed by atoms with Crippen molar-refractivity contribution in [3.8, 4) is 11.1 Å². The number of ether oxygens (including phenoxy) is 1. The van der Waals surface area contributed by atoms with Gasteiger partial charge >= 0.3 is 5.97 Å². The third-order valence-corrected chi connectivity index (χ3v) is 3.63. The molecular weight excluding hydrogens is 238 g/mol. The van der Waals surface area contributed by atoms with Crippen molar-refractivity contribution in [1.29, 1.82) is 0 Å². The van der Waals surface area contributed by atoms with Gasteiger partial charge in [0.2, 0.25) is 0 Å². The first-order chi connectivity index (χ1) is 9.20. The highest BCUT2D eigenvalue weighted by Gasteiger charge is 2.21. The molecule has 0 aromatic heterocycles. The Kier molecular flexibility index (Phi) is 2.84. The summed E-state index contributed by atoms with van der Waals surface area (Å²) >= 11 is 0. The second kappa shape index (κ2) is 4.52. The standard InChI is InChI=1S/C16H15NO2/c1-19-16(18)15(17)11-6-7-14-12(9-11)8-10-4-2-3-5-13(10)14/h2-7,9,15H,8,17H2,1H3/t15-/m0/s1. The van der Waals surface area contributed by atoms with Crippen molar-refractivity contribution in [3.05, 3.63) is 59.2 Å². The molecule has 0 spiro atoms. The fraction of sp³-hybridized carbons (Fsp3) is 0.188. The van der Waals surface area contributed by atoms with E-state index in [2.05, 4.69) is 16.9 Å². The van der Waals surface area contributed by atoms with Crippen LogP contribution in [0, 0.1) is 0 Å². The SMILES string of the molecule is COC(=O)[C@@H](N)c1ccc2c(c1)Cc1ccccc1-2. The Morgan fingerprint density at radius 3 is 2.68 bits per heavy atom. The zero-order chi connectivity index (χ0) is 13.4. The predicted molar refractivity (Wildman–Crippen MR) is 73.6 cm³/mol. The lowest BCUT2D eigenvalue weighted by molar-refractivity contribution is -0.142. The van der Waals surface area contributed by atoms with Crippen molar-refractivity contribution < 1.29 is 9.53 Å². The van der Waals surface area contributed by atoms with Gasteiger partial charge < -0.3 is 10.5 Å². The van der Waals surface area contributed by atoms with Gasteiger partial charge in [0.15, 0.2) is 0 Å². The van der Waals surface area contributed by atoms with Crippen LogP contribution in [-0.4, -0.2) is 13.1 Å². The first-order valence-electron chi connectivity index (χ1n) is 6.25. The van der Waals surface area contributed by atoms with Crippen LogP contribution in [0.2, 0.25) is 0 Å². The van der Waals surface area contributed by atoms with Gasteiger partial charge in [-0.05, 0) is 34.2 Å². The van der Waals surface area contributed by atoms with Crippen LogP contribution in [0.15, 0.2) is 42.5 Å².